The Bertz CT molecular complexity index is 508. The minimum absolute atomic E-state index is 0.0615. The first-order valence-corrected chi connectivity index (χ1v) is 5.78. The third-order valence-electron chi connectivity index (χ3n) is 2.92. The molecule has 2 aromatic rings. The van der Waals surface area contributed by atoms with Crippen LogP contribution in [0, 0.1) is 6.92 Å². The Balaban J connectivity index is 2.46. The summed E-state index contributed by atoms with van der Waals surface area (Å²) in [4.78, 5) is 6.41. The summed E-state index contributed by atoms with van der Waals surface area (Å²) in [6, 6.07) is 6.33. The maximum absolute atomic E-state index is 6.03. The van der Waals surface area contributed by atoms with E-state index in [0.717, 1.165) is 16.7 Å². The summed E-state index contributed by atoms with van der Waals surface area (Å²) in [6.45, 7) is 3.87. The zero-order chi connectivity index (χ0) is 12.6. The molecule has 4 nitrogen and oxygen atoms in total. The lowest BCUT2D eigenvalue weighted by atomic mass is 10.00. The van der Waals surface area contributed by atoms with E-state index < -0.39 is 0 Å². The van der Waals surface area contributed by atoms with Crippen molar-refractivity contribution < 1.29 is 4.42 Å². The molecular formula is C13H19N3O. The molecule has 0 bridgehead atoms. The van der Waals surface area contributed by atoms with Crippen molar-refractivity contribution in [3.05, 3.63) is 29.7 Å². The molecule has 0 fully saturated rings. The van der Waals surface area contributed by atoms with Crippen LogP contribution < -0.4 is 5.73 Å². The van der Waals surface area contributed by atoms with Gasteiger partial charge in [0.25, 0.3) is 0 Å². The fourth-order valence-corrected chi connectivity index (χ4v) is 2.31. The molecule has 0 saturated heterocycles. The summed E-state index contributed by atoms with van der Waals surface area (Å²) in [5.74, 6) is 0.694. The molecule has 0 aliphatic heterocycles. The number of nitrogens with zero attached hydrogens (tertiary/aromatic N) is 2. The van der Waals surface area contributed by atoms with Gasteiger partial charge in [0.1, 0.15) is 5.52 Å². The topological polar surface area (TPSA) is 55.3 Å². The summed E-state index contributed by atoms with van der Waals surface area (Å²) >= 11 is 0. The largest absolute Gasteiger partial charge is 0.441 e. The van der Waals surface area contributed by atoms with Gasteiger partial charge in [0, 0.05) is 19.0 Å². The molecule has 2 atom stereocenters. The van der Waals surface area contributed by atoms with Gasteiger partial charge in [-0.1, -0.05) is 6.07 Å². The van der Waals surface area contributed by atoms with Gasteiger partial charge >= 0.3 is 0 Å². The Labute approximate surface area is 101 Å². The molecule has 1 aromatic heterocycles. The van der Waals surface area contributed by atoms with Crippen molar-refractivity contribution in [2.45, 2.75) is 25.9 Å². The predicted molar refractivity (Wildman–Crippen MR) is 68.8 cm³/mol. The van der Waals surface area contributed by atoms with Gasteiger partial charge in [-0.3, -0.25) is 0 Å². The van der Waals surface area contributed by atoms with Crippen LogP contribution in [0.2, 0.25) is 0 Å². The van der Waals surface area contributed by atoms with Crippen LogP contribution in [0.3, 0.4) is 0 Å². The molecule has 0 radical (unpaired) electrons. The Morgan fingerprint density at radius 3 is 2.65 bits per heavy atom. The number of hydrogen-bond acceptors (Lipinski definition) is 4. The van der Waals surface area contributed by atoms with Crippen LogP contribution in [-0.2, 0) is 0 Å². The molecule has 0 amide bonds. The molecule has 2 rings (SSSR count). The molecule has 0 spiro atoms. The molecule has 0 aliphatic carbocycles. The third kappa shape index (κ3) is 2.33. The maximum Gasteiger partial charge on any atom is 0.192 e. The highest BCUT2D eigenvalue weighted by Crippen LogP contribution is 2.25. The first-order valence-electron chi connectivity index (χ1n) is 5.78. The Morgan fingerprint density at radius 2 is 2.06 bits per heavy atom. The van der Waals surface area contributed by atoms with Gasteiger partial charge in [-0.15, -0.1) is 0 Å². The van der Waals surface area contributed by atoms with E-state index in [9.17, 15) is 0 Å². The lowest BCUT2D eigenvalue weighted by Crippen LogP contribution is -2.34. The second-order valence-electron chi connectivity index (χ2n) is 4.73. The van der Waals surface area contributed by atoms with Crippen molar-refractivity contribution in [1.29, 1.82) is 0 Å². The van der Waals surface area contributed by atoms with Crippen LogP contribution in [0.25, 0.3) is 11.1 Å². The number of rotatable bonds is 3. The van der Waals surface area contributed by atoms with Gasteiger partial charge in [-0.25, -0.2) is 4.98 Å². The first kappa shape index (κ1) is 12.1. The van der Waals surface area contributed by atoms with Crippen molar-refractivity contribution in [2.24, 2.45) is 5.73 Å². The number of nitrogens with two attached hydrogens (primary N) is 1. The Hall–Kier alpha value is -1.39. The van der Waals surface area contributed by atoms with Crippen molar-refractivity contribution >= 4 is 11.1 Å². The fourth-order valence-electron chi connectivity index (χ4n) is 2.31. The summed E-state index contributed by atoms with van der Waals surface area (Å²) in [5, 5.41) is 0. The molecule has 2 unspecified atom stereocenters. The second-order valence-corrected chi connectivity index (χ2v) is 4.73. The molecular weight excluding hydrogens is 214 g/mol. The van der Waals surface area contributed by atoms with Gasteiger partial charge in [-0.2, -0.15) is 0 Å². The van der Waals surface area contributed by atoms with Crippen molar-refractivity contribution in [3.8, 4) is 0 Å². The average Bonchev–Trinajstić information content (AvgIpc) is 2.56. The fraction of sp³-hybridized carbons (Fsp3) is 0.462. The maximum atomic E-state index is 6.03. The molecule has 92 valence electrons. The summed E-state index contributed by atoms with van der Waals surface area (Å²) in [6.07, 6.45) is 0. The highest BCUT2D eigenvalue weighted by molar-refractivity contribution is 5.73. The molecule has 2 N–H and O–H groups in total. The first-order chi connectivity index (χ1) is 7.99. The molecule has 17 heavy (non-hydrogen) atoms. The zero-order valence-corrected chi connectivity index (χ0v) is 10.8. The van der Waals surface area contributed by atoms with Gasteiger partial charge in [0.2, 0.25) is 0 Å². The van der Waals surface area contributed by atoms with Gasteiger partial charge in [-0.05, 0) is 38.7 Å². The van der Waals surface area contributed by atoms with E-state index in [-0.39, 0.29) is 12.1 Å². The van der Waals surface area contributed by atoms with Crippen LogP contribution in [0.5, 0.6) is 0 Å². The van der Waals surface area contributed by atoms with E-state index in [1.807, 2.05) is 40.1 Å². The molecule has 0 aliphatic rings. The van der Waals surface area contributed by atoms with E-state index in [4.69, 9.17) is 10.2 Å². The minimum Gasteiger partial charge on any atom is -0.441 e. The van der Waals surface area contributed by atoms with Crippen LogP contribution in [0.4, 0.5) is 0 Å². The van der Waals surface area contributed by atoms with Crippen LogP contribution in [0.1, 0.15) is 24.4 Å². The number of benzene rings is 1. The predicted octanol–water partition coefficient (Wildman–Crippen LogP) is 2.09. The summed E-state index contributed by atoms with van der Waals surface area (Å²) in [5.41, 5.74) is 8.91. The van der Waals surface area contributed by atoms with Crippen LogP contribution in [-0.4, -0.2) is 30.0 Å². The summed E-state index contributed by atoms with van der Waals surface area (Å²) in [7, 11) is 4.06. The van der Waals surface area contributed by atoms with E-state index >= 15 is 0 Å². The number of fused-ring (bicyclic) bond motifs is 1. The lowest BCUT2D eigenvalue weighted by Gasteiger charge is -2.28. The van der Waals surface area contributed by atoms with Crippen molar-refractivity contribution in [3.63, 3.8) is 0 Å². The Morgan fingerprint density at radius 1 is 1.35 bits per heavy atom. The monoisotopic (exact) mass is 233 g/mol. The number of likely N-dealkylation sites (N-methyl/N-ethyl adjacent to an activating group) is 1. The van der Waals surface area contributed by atoms with E-state index in [2.05, 4.69) is 16.0 Å². The quantitative estimate of drug-likeness (QED) is 0.882. The van der Waals surface area contributed by atoms with Gasteiger partial charge in [0.05, 0.1) is 0 Å². The third-order valence-corrected chi connectivity index (χ3v) is 2.92. The summed E-state index contributed by atoms with van der Waals surface area (Å²) < 4.78 is 5.55. The zero-order valence-electron chi connectivity index (χ0n) is 10.8. The number of aromatic nitrogens is 1. The molecule has 1 heterocycles. The standard InChI is InChI=1S/C13H19N3O/c1-8(14)13(16(3)4)10-5-6-11-12(7-10)17-9(2)15-11/h5-8,13H,14H2,1-4H3. The van der Waals surface area contributed by atoms with Crippen LogP contribution in [0.15, 0.2) is 22.6 Å². The number of oxazole rings is 1. The highest BCUT2D eigenvalue weighted by atomic mass is 16.3. The average molecular weight is 233 g/mol. The Kier molecular flexibility index (Phi) is 3.17. The smallest absolute Gasteiger partial charge is 0.192 e. The SMILES string of the molecule is Cc1nc2ccc(C(C(C)N)N(C)C)cc2o1. The van der Waals surface area contributed by atoms with Gasteiger partial charge < -0.3 is 15.1 Å². The second kappa shape index (κ2) is 4.47. The van der Waals surface area contributed by atoms with Crippen LogP contribution >= 0.6 is 0 Å². The van der Waals surface area contributed by atoms with E-state index in [1.165, 1.54) is 0 Å². The van der Waals surface area contributed by atoms with E-state index in [0.29, 0.717) is 5.89 Å². The lowest BCUT2D eigenvalue weighted by molar-refractivity contribution is 0.266. The normalized spacial score (nSPS) is 15.4. The van der Waals surface area contributed by atoms with E-state index in [1.54, 1.807) is 0 Å². The molecule has 4 heteroatoms. The minimum atomic E-state index is 0.0615. The van der Waals surface area contributed by atoms with Crippen molar-refractivity contribution in [2.75, 3.05) is 14.1 Å². The molecule has 0 saturated carbocycles. The van der Waals surface area contributed by atoms with Crippen molar-refractivity contribution in [1.82, 2.24) is 9.88 Å². The molecule has 1 aromatic carbocycles. The number of aryl methyl sites for hydroxylation is 1. The highest BCUT2D eigenvalue weighted by Gasteiger charge is 2.19. The van der Waals surface area contributed by atoms with Gasteiger partial charge in [0.15, 0.2) is 11.5 Å². The number of hydrogen-bond donors (Lipinski definition) is 1.